The zero-order chi connectivity index (χ0) is 25.1. The first-order valence-corrected chi connectivity index (χ1v) is 12.1. The fourth-order valence-corrected chi connectivity index (χ4v) is 4.62. The van der Waals surface area contributed by atoms with Gasteiger partial charge in [0.25, 0.3) is 0 Å². The Balaban J connectivity index is 1.60. The van der Waals surface area contributed by atoms with Gasteiger partial charge in [-0.1, -0.05) is 17.7 Å². The highest BCUT2D eigenvalue weighted by Crippen LogP contribution is 2.46. The van der Waals surface area contributed by atoms with Gasteiger partial charge >= 0.3 is 7.48 Å². The zero-order valence-corrected chi connectivity index (χ0v) is 21.9. The lowest BCUT2D eigenvalue weighted by molar-refractivity contribution is -0.114. The first-order valence-electron chi connectivity index (χ1n) is 12.1. The number of fused-ring (bicyclic) bond motifs is 5. The van der Waals surface area contributed by atoms with Gasteiger partial charge in [0.05, 0.1) is 22.4 Å². The molecular weight excluding hydrogens is 437 g/mol. The number of furan rings is 1. The monoisotopic (exact) mass is 470 g/mol. The van der Waals surface area contributed by atoms with Gasteiger partial charge < -0.3 is 18.5 Å². The van der Waals surface area contributed by atoms with Gasteiger partial charge in [-0.15, -0.1) is 0 Å². The van der Waals surface area contributed by atoms with Gasteiger partial charge in [0.2, 0.25) is 6.23 Å². The zero-order valence-electron chi connectivity index (χ0n) is 21.9. The van der Waals surface area contributed by atoms with Crippen LogP contribution in [-0.2, 0) is 9.39 Å². The molecular formula is C29H33BNO4. The fourth-order valence-electron chi connectivity index (χ4n) is 4.62. The van der Waals surface area contributed by atoms with Crippen molar-refractivity contribution in [1.82, 2.24) is 4.57 Å². The maximum absolute atomic E-state index is 6.64. The molecule has 3 heterocycles. The van der Waals surface area contributed by atoms with Gasteiger partial charge in [-0.2, -0.15) is 0 Å². The summed E-state index contributed by atoms with van der Waals surface area (Å²) in [6, 6.07) is 16.8. The van der Waals surface area contributed by atoms with Gasteiger partial charge in [-0.25, -0.2) is 0 Å². The van der Waals surface area contributed by atoms with E-state index in [9.17, 15) is 0 Å². The molecule has 1 unspecified atom stereocenters. The van der Waals surface area contributed by atoms with E-state index in [0.717, 1.165) is 39.5 Å². The van der Waals surface area contributed by atoms with Crippen LogP contribution < -0.4 is 10.2 Å². The van der Waals surface area contributed by atoms with E-state index in [2.05, 4.69) is 48.7 Å². The molecule has 35 heavy (non-hydrogen) atoms. The number of methoxy groups -OCH3 is 1. The first-order chi connectivity index (χ1) is 16.5. The summed E-state index contributed by atoms with van der Waals surface area (Å²) < 4.78 is 26.8. The van der Waals surface area contributed by atoms with Crippen LogP contribution in [0.2, 0.25) is 0 Å². The van der Waals surface area contributed by atoms with Gasteiger partial charge in [0.15, 0.2) is 5.76 Å². The van der Waals surface area contributed by atoms with Crippen molar-refractivity contribution in [1.29, 1.82) is 0 Å². The molecule has 181 valence electrons. The SMILES string of the molecule is COC(C)(C)C(C)(C)O[B]c1ccc2c(c1)OC(c1ccc(C)o1)n1c-2c(C)c2cc(C)ccc21. The highest BCUT2D eigenvalue weighted by molar-refractivity contribution is 6.47. The van der Waals surface area contributed by atoms with E-state index in [1.54, 1.807) is 14.6 Å². The Labute approximate surface area is 208 Å². The summed E-state index contributed by atoms with van der Waals surface area (Å²) in [5.41, 5.74) is 5.77. The van der Waals surface area contributed by atoms with E-state index < -0.39 is 17.4 Å². The van der Waals surface area contributed by atoms with Crippen molar-refractivity contribution in [3.05, 3.63) is 71.2 Å². The summed E-state index contributed by atoms with van der Waals surface area (Å²) in [6.45, 7) is 14.4. The summed E-state index contributed by atoms with van der Waals surface area (Å²) in [6.07, 6.45) is -0.398. The fraction of sp³-hybridized carbons (Fsp3) is 0.379. The molecule has 0 fully saturated rings. The highest BCUT2D eigenvalue weighted by atomic mass is 16.5. The van der Waals surface area contributed by atoms with Crippen molar-refractivity contribution >= 4 is 23.8 Å². The lowest BCUT2D eigenvalue weighted by Gasteiger charge is -2.40. The van der Waals surface area contributed by atoms with Crippen LogP contribution in [0.3, 0.4) is 0 Å². The van der Waals surface area contributed by atoms with E-state index in [-0.39, 0.29) is 0 Å². The normalized spacial score (nSPS) is 15.6. The van der Waals surface area contributed by atoms with E-state index >= 15 is 0 Å². The van der Waals surface area contributed by atoms with Crippen LogP contribution >= 0.6 is 0 Å². The van der Waals surface area contributed by atoms with Crippen molar-refractivity contribution in [2.24, 2.45) is 0 Å². The van der Waals surface area contributed by atoms with Gasteiger partial charge in [0, 0.05) is 18.1 Å². The Morgan fingerprint density at radius 2 is 1.69 bits per heavy atom. The molecule has 2 aromatic heterocycles. The Morgan fingerprint density at radius 1 is 0.914 bits per heavy atom. The number of rotatable bonds is 6. The van der Waals surface area contributed by atoms with Crippen molar-refractivity contribution in [3.63, 3.8) is 0 Å². The molecule has 1 atom stereocenters. The number of ether oxygens (including phenoxy) is 2. The first kappa shape index (κ1) is 23.8. The maximum atomic E-state index is 6.64. The average molecular weight is 470 g/mol. The number of aromatic nitrogens is 1. The number of benzene rings is 2. The quantitative estimate of drug-likeness (QED) is 0.314. The lowest BCUT2D eigenvalue weighted by atomic mass is 9.82. The summed E-state index contributed by atoms with van der Waals surface area (Å²) >= 11 is 0. The maximum Gasteiger partial charge on any atom is 0.331 e. The van der Waals surface area contributed by atoms with E-state index in [0.29, 0.717) is 0 Å². The van der Waals surface area contributed by atoms with Gasteiger partial charge in [-0.05, 0) is 95.9 Å². The molecule has 1 radical (unpaired) electrons. The summed E-state index contributed by atoms with van der Waals surface area (Å²) in [5.74, 6) is 2.44. The van der Waals surface area contributed by atoms with Crippen LogP contribution in [0.5, 0.6) is 5.75 Å². The third-order valence-corrected chi connectivity index (χ3v) is 7.60. The third-order valence-electron chi connectivity index (χ3n) is 7.60. The molecule has 1 aliphatic rings. The Bertz CT molecular complexity index is 1410. The van der Waals surface area contributed by atoms with Crippen LogP contribution in [0.1, 0.15) is 56.6 Å². The molecule has 4 aromatic rings. The average Bonchev–Trinajstić information content (AvgIpc) is 3.38. The van der Waals surface area contributed by atoms with E-state index in [4.69, 9.17) is 18.5 Å². The standard InChI is InChI=1S/C29H33BNO4/c1-17-9-13-23-22(15-17)19(3)26-21-12-11-20(30-35-29(6,7)28(4,5)32-8)16-25(21)34-27(31(23)26)24-14-10-18(2)33-24/h9-16,27H,1-8H3. The van der Waals surface area contributed by atoms with Crippen molar-refractivity contribution in [2.45, 2.75) is 65.9 Å². The van der Waals surface area contributed by atoms with E-state index in [1.807, 2.05) is 52.8 Å². The summed E-state index contributed by atoms with van der Waals surface area (Å²) in [4.78, 5) is 0. The number of hydrogen-bond acceptors (Lipinski definition) is 4. The number of aryl methyl sites for hydroxylation is 3. The van der Waals surface area contributed by atoms with Crippen molar-refractivity contribution in [3.8, 4) is 17.0 Å². The molecule has 5 rings (SSSR count). The van der Waals surface area contributed by atoms with Crippen LogP contribution in [0.15, 0.2) is 52.9 Å². The summed E-state index contributed by atoms with van der Waals surface area (Å²) in [5, 5.41) is 1.23. The van der Waals surface area contributed by atoms with Crippen LogP contribution in [-0.4, -0.2) is 30.4 Å². The minimum atomic E-state index is -0.520. The predicted molar refractivity (Wildman–Crippen MR) is 141 cm³/mol. The Morgan fingerprint density at radius 3 is 2.37 bits per heavy atom. The second-order valence-corrected chi connectivity index (χ2v) is 10.5. The molecule has 0 N–H and O–H groups in total. The Kier molecular flexibility index (Phi) is 5.65. The molecule has 6 heteroatoms. The smallest absolute Gasteiger partial charge is 0.331 e. The lowest BCUT2D eigenvalue weighted by Crippen LogP contribution is -2.50. The Hall–Kier alpha value is -2.96. The van der Waals surface area contributed by atoms with E-state index in [1.165, 1.54) is 16.5 Å². The second-order valence-electron chi connectivity index (χ2n) is 10.5. The summed E-state index contributed by atoms with van der Waals surface area (Å²) in [7, 11) is 3.49. The molecule has 0 bridgehead atoms. The van der Waals surface area contributed by atoms with Gasteiger partial charge in [-0.3, -0.25) is 4.57 Å². The predicted octanol–water partition coefficient (Wildman–Crippen LogP) is 6.23. The largest absolute Gasteiger partial charge is 0.462 e. The highest BCUT2D eigenvalue weighted by Gasteiger charge is 2.38. The molecule has 5 nitrogen and oxygen atoms in total. The second kappa shape index (κ2) is 8.32. The van der Waals surface area contributed by atoms with Crippen LogP contribution in [0.4, 0.5) is 0 Å². The molecule has 0 spiro atoms. The molecule has 0 saturated carbocycles. The number of hydrogen-bond donors (Lipinski definition) is 0. The molecule has 1 aliphatic heterocycles. The third kappa shape index (κ3) is 3.89. The topological polar surface area (TPSA) is 45.8 Å². The molecule has 2 aromatic carbocycles. The minimum Gasteiger partial charge on any atom is -0.462 e. The van der Waals surface area contributed by atoms with Crippen molar-refractivity contribution < 1.29 is 18.5 Å². The van der Waals surface area contributed by atoms with Crippen LogP contribution in [0.25, 0.3) is 22.2 Å². The minimum absolute atomic E-state index is 0.398. The number of nitrogens with zero attached hydrogens (tertiary/aromatic N) is 1. The van der Waals surface area contributed by atoms with Crippen LogP contribution in [0, 0.1) is 20.8 Å². The molecule has 0 amide bonds. The van der Waals surface area contributed by atoms with Crippen molar-refractivity contribution in [2.75, 3.05) is 7.11 Å². The molecule has 0 aliphatic carbocycles. The van der Waals surface area contributed by atoms with Gasteiger partial charge in [0.1, 0.15) is 11.5 Å². The molecule has 0 saturated heterocycles.